The Morgan fingerprint density at radius 3 is 2.53 bits per heavy atom. The lowest BCUT2D eigenvalue weighted by Gasteiger charge is -2.07. The zero-order chi connectivity index (χ0) is 12.4. The summed E-state index contributed by atoms with van der Waals surface area (Å²) in [7, 11) is 0. The molecule has 2 aromatic carbocycles. The molecule has 0 spiro atoms. The molecule has 0 fully saturated rings. The molecule has 0 saturated carbocycles. The summed E-state index contributed by atoms with van der Waals surface area (Å²) in [6.45, 7) is 0. The SMILES string of the molecule is Nc1ccc(Br)cc1-c1ccccc1[N+](=O)[O-]. The van der Waals surface area contributed by atoms with E-state index in [1.165, 1.54) is 6.07 Å². The molecule has 0 bridgehead atoms. The molecule has 0 heterocycles. The highest BCUT2D eigenvalue weighted by molar-refractivity contribution is 9.10. The predicted molar refractivity (Wildman–Crippen MR) is 70.6 cm³/mol. The minimum absolute atomic E-state index is 0.0531. The Labute approximate surface area is 106 Å². The summed E-state index contributed by atoms with van der Waals surface area (Å²) in [6, 6.07) is 11.8. The van der Waals surface area contributed by atoms with E-state index in [1.807, 2.05) is 0 Å². The highest BCUT2D eigenvalue weighted by atomic mass is 79.9. The van der Waals surface area contributed by atoms with Gasteiger partial charge in [0.1, 0.15) is 0 Å². The number of anilines is 1. The number of nitro benzene ring substituents is 1. The summed E-state index contributed by atoms with van der Waals surface area (Å²) in [5, 5.41) is 10.9. The van der Waals surface area contributed by atoms with Crippen LogP contribution in [0.1, 0.15) is 0 Å². The molecule has 0 saturated heterocycles. The van der Waals surface area contributed by atoms with Crippen LogP contribution < -0.4 is 5.73 Å². The predicted octanol–water partition coefficient (Wildman–Crippen LogP) is 3.61. The standard InChI is InChI=1S/C12H9BrN2O2/c13-8-5-6-11(14)10(7-8)9-3-1-2-4-12(9)15(16)17/h1-7H,14H2. The highest BCUT2D eigenvalue weighted by Crippen LogP contribution is 2.34. The van der Waals surface area contributed by atoms with E-state index in [4.69, 9.17) is 5.73 Å². The lowest BCUT2D eigenvalue weighted by Crippen LogP contribution is -1.95. The van der Waals surface area contributed by atoms with Gasteiger partial charge < -0.3 is 5.73 Å². The molecule has 5 heteroatoms. The van der Waals surface area contributed by atoms with Crippen molar-refractivity contribution in [2.75, 3.05) is 5.73 Å². The molecule has 2 rings (SSSR count). The Hall–Kier alpha value is -1.88. The van der Waals surface area contributed by atoms with Crippen molar-refractivity contribution in [1.82, 2.24) is 0 Å². The van der Waals surface area contributed by atoms with Crippen molar-refractivity contribution in [2.24, 2.45) is 0 Å². The van der Waals surface area contributed by atoms with Gasteiger partial charge in [0.05, 0.1) is 10.5 Å². The molecule has 0 radical (unpaired) electrons. The van der Waals surface area contributed by atoms with Gasteiger partial charge in [-0.05, 0) is 24.3 Å². The first-order valence-corrected chi connectivity index (χ1v) is 5.67. The molecule has 2 N–H and O–H groups in total. The maximum absolute atomic E-state index is 10.9. The van der Waals surface area contributed by atoms with Crippen LogP contribution in [0.4, 0.5) is 11.4 Å². The van der Waals surface area contributed by atoms with E-state index in [1.54, 1.807) is 36.4 Å². The summed E-state index contributed by atoms with van der Waals surface area (Å²) in [5.41, 5.74) is 7.60. The van der Waals surface area contributed by atoms with Gasteiger partial charge in [0.15, 0.2) is 0 Å². The minimum Gasteiger partial charge on any atom is -0.398 e. The van der Waals surface area contributed by atoms with Crippen molar-refractivity contribution in [2.45, 2.75) is 0 Å². The van der Waals surface area contributed by atoms with Crippen LogP contribution in [0, 0.1) is 10.1 Å². The second-order valence-corrected chi connectivity index (χ2v) is 4.42. The highest BCUT2D eigenvalue weighted by Gasteiger charge is 2.16. The fraction of sp³-hybridized carbons (Fsp3) is 0. The smallest absolute Gasteiger partial charge is 0.277 e. The van der Waals surface area contributed by atoms with Crippen molar-refractivity contribution in [3.05, 3.63) is 57.1 Å². The van der Waals surface area contributed by atoms with Crippen LogP contribution in [0.3, 0.4) is 0 Å². The third-order valence-electron chi connectivity index (χ3n) is 2.41. The van der Waals surface area contributed by atoms with Crippen molar-refractivity contribution >= 4 is 27.3 Å². The number of rotatable bonds is 2. The van der Waals surface area contributed by atoms with E-state index in [9.17, 15) is 10.1 Å². The molecule has 0 aliphatic rings. The Balaban J connectivity index is 2.68. The van der Waals surface area contributed by atoms with Gasteiger partial charge in [-0.15, -0.1) is 0 Å². The van der Waals surface area contributed by atoms with E-state index >= 15 is 0 Å². The molecule has 0 aliphatic heterocycles. The number of hydrogen-bond acceptors (Lipinski definition) is 3. The number of nitrogens with zero attached hydrogens (tertiary/aromatic N) is 1. The van der Waals surface area contributed by atoms with Crippen molar-refractivity contribution in [3.63, 3.8) is 0 Å². The lowest BCUT2D eigenvalue weighted by molar-refractivity contribution is -0.384. The fourth-order valence-corrected chi connectivity index (χ4v) is 1.98. The van der Waals surface area contributed by atoms with Crippen molar-refractivity contribution < 1.29 is 4.92 Å². The Morgan fingerprint density at radius 1 is 1.12 bits per heavy atom. The fourth-order valence-electron chi connectivity index (χ4n) is 1.62. The van der Waals surface area contributed by atoms with Gasteiger partial charge in [-0.2, -0.15) is 0 Å². The number of benzene rings is 2. The molecule has 86 valence electrons. The molecule has 4 nitrogen and oxygen atoms in total. The number of nitrogen functional groups attached to an aromatic ring is 1. The average molecular weight is 293 g/mol. The van der Waals surface area contributed by atoms with Crippen LogP contribution in [0.15, 0.2) is 46.9 Å². The maximum Gasteiger partial charge on any atom is 0.277 e. The van der Waals surface area contributed by atoms with E-state index in [0.29, 0.717) is 16.8 Å². The Morgan fingerprint density at radius 2 is 1.82 bits per heavy atom. The van der Waals surface area contributed by atoms with Crippen LogP contribution in [0.5, 0.6) is 0 Å². The van der Waals surface area contributed by atoms with Crippen LogP contribution in [-0.4, -0.2) is 4.92 Å². The number of para-hydroxylation sites is 1. The molecule has 2 aromatic rings. The Kier molecular flexibility index (Phi) is 3.10. The van der Waals surface area contributed by atoms with E-state index in [2.05, 4.69) is 15.9 Å². The minimum atomic E-state index is -0.407. The largest absolute Gasteiger partial charge is 0.398 e. The topological polar surface area (TPSA) is 69.2 Å². The summed E-state index contributed by atoms with van der Waals surface area (Å²) >= 11 is 3.33. The van der Waals surface area contributed by atoms with Gasteiger partial charge >= 0.3 is 0 Å². The first-order valence-electron chi connectivity index (χ1n) is 4.88. The van der Waals surface area contributed by atoms with Gasteiger partial charge in [0, 0.05) is 21.8 Å². The summed E-state index contributed by atoms with van der Waals surface area (Å²) in [5.74, 6) is 0. The van der Waals surface area contributed by atoms with Crippen LogP contribution >= 0.6 is 15.9 Å². The third kappa shape index (κ3) is 2.29. The van der Waals surface area contributed by atoms with E-state index in [0.717, 1.165) is 4.47 Å². The molecular formula is C12H9BrN2O2. The molecule has 0 aromatic heterocycles. The van der Waals surface area contributed by atoms with Crippen molar-refractivity contribution in [1.29, 1.82) is 0 Å². The number of nitro groups is 1. The third-order valence-corrected chi connectivity index (χ3v) is 2.90. The number of hydrogen-bond donors (Lipinski definition) is 1. The molecular weight excluding hydrogens is 284 g/mol. The summed E-state index contributed by atoms with van der Waals surface area (Å²) < 4.78 is 0.833. The van der Waals surface area contributed by atoms with Gasteiger partial charge in [-0.1, -0.05) is 28.1 Å². The quantitative estimate of drug-likeness (QED) is 0.522. The van der Waals surface area contributed by atoms with Gasteiger partial charge in [-0.3, -0.25) is 10.1 Å². The van der Waals surface area contributed by atoms with Gasteiger partial charge in [-0.25, -0.2) is 0 Å². The molecule has 17 heavy (non-hydrogen) atoms. The van der Waals surface area contributed by atoms with E-state index in [-0.39, 0.29) is 5.69 Å². The molecule has 0 unspecified atom stereocenters. The second-order valence-electron chi connectivity index (χ2n) is 3.51. The molecule has 0 atom stereocenters. The normalized spacial score (nSPS) is 10.2. The zero-order valence-electron chi connectivity index (χ0n) is 8.76. The van der Waals surface area contributed by atoms with Crippen LogP contribution in [0.2, 0.25) is 0 Å². The number of halogens is 1. The Bertz CT molecular complexity index is 584. The number of nitrogens with two attached hydrogens (primary N) is 1. The first kappa shape index (κ1) is 11.6. The van der Waals surface area contributed by atoms with Crippen LogP contribution in [-0.2, 0) is 0 Å². The van der Waals surface area contributed by atoms with Gasteiger partial charge in [0.2, 0.25) is 0 Å². The van der Waals surface area contributed by atoms with Gasteiger partial charge in [0.25, 0.3) is 5.69 Å². The van der Waals surface area contributed by atoms with Crippen molar-refractivity contribution in [3.8, 4) is 11.1 Å². The zero-order valence-corrected chi connectivity index (χ0v) is 10.3. The van der Waals surface area contributed by atoms with E-state index < -0.39 is 4.92 Å². The molecule has 0 aliphatic carbocycles. The first-order chi connectivity index (χ1) is 8.09. The summed E-state index contributed by atoms with van der Waals surface area (Å²) in [4.78, 5) is 10.5. The maximum atomic E-state index is 10.9. The average Bonchev–Trinajstić information content (AvgIpc) is 2.32. The monoisotopic (exact) mass is 292 g/mol. The van der Waals surface area contributed by atoms with Crippen LogP contribution in [0.25, 0.3) is 11.1 Å². The molecule has 0 amide bonds. The summed E-state index contributed by atoms with van der Waals surface area (Å²) in [6.07, 6.45) is 0. The lowest BCUT2D eigenvalue weighted by atomic mass is 10.0. The second kappa shape index (κ2) is 4.55.